The number of aliphatic hydroxyl groups is 2. The Kier molecular flexibility index (Phi) is 9.71. The van der Waals surface area contributed by atoms with E-state index in [1.54, 1.807) is 25.2 Å². The number of carboxylic acid groups (broad SMARTS) is 1. The number of benzene rings is 2. The fourth-order valence-electron chi connectivity index (χ4n) is 4.41. The smallest absolute Gasteiger partial charge is 0.274 e. The first-order valence-corrected chi connectivity index (χ1v) is 12.4. The maximum Gasteiger partial charge on any atom is 0.274 e. The molecule has 2 atom stereocenters. The largest absolute Gasteiger partial charge is 0.550 e. The molecule has 2 aromatic carbocycles. The van der Waals surface area contributed by atoms with E-state index in [1.165, 1.54) is 39.9 Å². The van der Waals surface area contributed by atoms with Crippen LogP contribution in [-0.4, -0.2) is 56.0 Å². The second kappa shape index (κ2) is 12.7. The van der Waals surface area contributed by atoms with Crippen molar-refractivity contribution in [1.29, 1.82) is 0 Å². The van der Waals surface area contributed by atoms with E-state index in [0.29, 0.717) is 22.5 Å². The van der Waals surface area contributed by atoms with Crippen LogP contribution in [0.1, 0.15) is 66.3 Å². The van der Waals surface area contributed by atoms with Gasteiger partial charge in [-0.15, -0.1) is 0 Å². The highest BCUT2D eigenvalue weighted by atomic mass is 19.1. The summed E-state index contributed by atoms with van der Waals surface area (Å²) >= 11 is 0. The van der Waals surface area contributed by atoms with Gasteiger partial charge in [-0.2, -0.15) is 5.10 Å². The zero-order valence-electron chi connectivity index (χ0n) is 21.6. The third kappa shape index (κ3) is 7.23. The summed E-state index contributed by atoms with van der Waals surface area (Å²) in [5.74, 6) is -2.87. The average molecular weight is 529 g/mol. The average Bonchev–Trinajstić information content (AvgIpc) is 3.23. The summed E-state index contributed by atoms with van der Waals surface area (Å²) in [5.41, 5.74) is 2.26. The molecule has 3 aromatic rings. The summed E-state index contributed by atoms with van der Waals surface area (Å²) in [6, 6.07) is 11.8. The van der Waals surface area contributed by atoms with Gasteiger partial charge in [0.1, 0.15) is 11.6 Å². The van der Waals surface area contributed by atoms with E-state index >= 15 is 0 Å². The van der Waals surface area contributed by atoms with Gasteiger partial charge in [-0.25, -0.2) is 13.5 Å². The number of aliphatic carboxylic acids is 1. The second-order valence-corrected chi connectivity index (χ2v) is 9.66. The summed E-state index contributed by atoms with van der Waals surface area (Å²) in [6.45, 7) is 3.81. The van der Waals surface area contributed by atoms with Crippen molar-refractivity contribution in [3.63, 3.8) is 0 Å². The van der Waals surface area contributed by atoms with Crippen molar-refractivity contribution in [2.75, 3.05) is 7.05 Å². The third-order valence-corrected chi connectivity index (χ3v) is 6.25. The van der Waals surface area contributed by atoms with Crippen molar-refractivity contribution in [3.8, 4) is 5.69 Å². The molecule has 0 radical (unpaired) electrons. The first kappa shape index (κ1) is 28.9. The van der Waals surface area contributed by atoms with Crippen LogP contribution in [0.3, 0.4) is 0 Å². The van der Waals surface area contributed by atoms with Crippen molar-refractivity contribution in [2.24, 2.45) is 0 Å². The monoisotopic (exact) mass is 528 g/mol. The first-order chi connectivity index (χ1) is 18.0. The fraction of sp³-hybridized carbons (Fsp3) is 0.393. The molecule has 2 N–H and O–H groups in total. The number of halogens is 2. The normalized spacial score (nSPS) is 12.9. The predicted molar refractivity (Wildman–Crippen MR) is 134 cm³/mol. The van der Waals surface area contributed by atoms with Gasteiger partial charge in [0.05, 0.1) is 17.9 Å². The van der Waals surface area contributed by atoms with Gasteiger partial charge in [-0.1, -0.05) is 32.0 Å². The van der Waals surface area contributed by atoms with E-state index in [0.717, 1.165) is 0 Å². The van der Waals surface area contributed by atoms with Crippen molar-refractivity contribution in [3.05, 3.63) is 82.7 Å². The highest BCUT2D eigenvalue weighted by Gasteiger charge is 2.28. The van der Waals surface area contributed by atoms with Gasteiger partial charge in [-0.05, 0) is 55.5 Å². The van der Waals surface area contributed by atoms with E-state index in [4.69, 9.17) is 0 Å². The van der Waals surface area contributed by atoms with E-state index in [1.807, 2.05) is 13.8 Å². The Hall–Kier alpha value is -3.63. The Morgan fingerprint density at radius 2 is 1.71 bits per heavy atom. The standard InChI is InChI=1S/C28H33F2N3O5/c1-17(2)26-24(13-12-21(34)14-22(35)15-25(36)37)33(20-10-8-19(29)9-11-20)31-27(26)28(38)32(3)16-18-6-4-5-7-23(18)30/h4-11,17,21-22,34-35H,12-16H2,1-3H3,(H,36,37)/p-1/t21-,22-/m1/s1. The molecule has 1 amide bonds. The van der Waals surface area contributed by atoms with Crippen LogP contribution in [0.5, 0.6) is 0 Å². The molecule has 8 nitrogen and oxygen atoms in total. The number of amides is 1. The molecule has 0 bridgehead atoms. The Morgan fingerprint density at radius 1 is 1.05 bits per heavy atom. The molecule has 0 fully saturated rings. The summed E-state index contributed by atoms with van der Waals surface area (Å²) in [5, 5.41) is 35.6. The van der Waals surface area contributed by atoms with Gasteiger partial charge >= 0.3 is 0 Å². The Bertz CT molecular complexity index is 1260. The van der Waals surface area contributed by atoms with E-state index in [9.17, 15) is 33.7 Å². The van der Waals surface area contributed by atoms with Crippen LogP contribution in [-0.2, 0) is 17.8 Å². The molecule has 0 saturated heterocycles. The van der Waals surface area contributed by atoms with Crippen LogP contribution < -0.4 is 5.11 Å². The SMILES string of the molecule is CC(C)c1c(C(=O)N(C)Cc2ccccc2F)nn(-c2ccc(F)cc2)c1CC[C@@H](O)C[C@@H](O)CC(=O)[O-]. The van der Waals surface area contributed by atoms with E-state index in [-0.39, 0.29) is 37.4 Å². The number of carbonyl (C=O) groups excluding carboxylic acids is 2. The molecule has 0 saturated carbocycles. The van der Waals surface area contributed by atoms with Gasteiger partial charge in [0.15, 0.2) is 5.69 Å². The molecule has 1 heterocycles. The number of hydrogen-bond acceptors (Lipinski definition) is 6. The predicted octanol–water partition coefficient (Wildman–Crippen LogP) is 2.73. The van der Waals surface area contributed by atoms with Crippen molar-refractivity contribution in [2.45, 2.75) is 64.2 Å². The zero-order chi connectivity index (χ0) is 28.0. The van der Waals surface area contributed by atoms with Crippen molar-refractivity contribution >= 4 is 11.9 Å². The van der Waals surface area contributed by atoms with Gasteiger partial charge in [0.2, 0.25) is 0 Å². The molecular formula is C28H32F2N3O5-. The van der Waals surface area contributed by atoms with E-state index < -0.39 is 42.1 Å². The molecule has 0 spiro atoms. The molecule has 0 aliphatic rings. The summed E-state index contributed by atoms with van der Waals surface area (Å²) < 4.78 is 29.4. The quantitative estimate of drug-likeness (QED) is 0.373. The molecule has 38 heavy (non-hydrogen) atoms. The van der Waals surface area contributed by atoms with E-state index in [2.05, 4.69) is 5.10 Å². The second-order valence-electron chi connectivity index (χ2n) is 9.66. The molecular weight excluding hydrogens is 496 g/mol. The Balaban J connectivity index is 1.96. The van der Waals surface area contributed by atoms with Crippen LogP contribution in [0, 0.1) is 11.6 Å². The minimum atomic E-state index is -1.41. The van der Waals surface area contributed by atoms with Gasteiger partial charge in [0, 0.05) is 42.8 Å². The van der Waals surface area contributed by atoms with Crippen molar-refractivity contribution < 1.29 is 33.7 Å². The number of aromatic nitrogens is 2. The number of carbonyl (C=O) groups is 2. The minimum Gasteiger partial charge on any atom is -0.550 e. The number of nitrogens with zero attached hydrogens (tertiary/aromatic N) is 3. The number of aliphatic hydroxyl groups excluding tert-OH is 2. The highest BCUT2D eigenvalue weighted by molar-refractivity contribution is 5.94. The Labute approximate surface area is 220 Å². The lowest BCUT2D eigenvalue weighted by Gasteiger charge is -2.19. The zero-order valence-corrected chi connectivity index (χ0v) is 21.6. The molecule has 0 unspecified atom stereocenters. The minimum absolute atomic E-state index is 0.0246. The van der Waals surface area contributed by atoms with Crippen LogP contribution >= 0.6 is 0 Å². The third-order valence-electron chi connectivity index (χ3n) is 6.25. The number of hydrogen-bond donors (Lipinski definition) is 2. The summed E-state index contributed by atoms with van der Waals surface area (Å²) in [4.78, 5) is 25.6. The molecule has 1 aromatic heterocycles. The van der Waals surface area contributed by atoms with Gasteiger partial charge in [-0.3, -0.25) is 4.79 Å². The van der Waals surface area contributed by atoms with Gasteiger partial charge < -0.3 is 25.0 Å². The van der Waals surface area contributed by atoms with Crippen LogP contribution in [0.25, 0.3) is 5.69 Å². The van der Waals surface area contributed by atoms with Crippen LogP contribution in [0.15, 0.2) is 48.5 Å². The lowest BCUT2D eigenvalue weighted by Crippen LogP contribution is -2.29. The maximum absolute atomic E-state index is 14.2. The van der Waals surface area contributed by atoms with Crippen molar-refractivity contribution in [1.82, 2.24) is 14.7 Å². The summed E-state index contributed by atoms with van der Waals surface area (Å²) in [6.07, 6.45) is -2.65. The number of carboxylic acids is 1. The van der Waals surface area contributed by atoms with Crippen LogP contribution in [0.2, 0.25) is 0 Å². The summed E-state index contributed by atoms with van der Waals surface area (Å²) in [7, 11) is 1.55. The molecule has 0 aliphatic carbocycles. The number of rotatable bonds is 12. The molecule has 10 heteroatoms. The molecule has 0 aliphatic heterocycles. The Morgan fingerprint density at radius 3 is 2.32 bits per heavy atom. The molecule has 3 rings (SSSR count). The van der Waals surface area contributed by atoms with Gasteiger partial charge in [0.25, 0.3) is 5.91 Å². The molecule has 204 valence electrons. The first-order valence-electron chi connectivity index (χ1n) is 12.4. The lowest BCUT2D eigenvalue weighted by atomic mass is 9.95. The lowest BCUT2D eigenvalue weighted by molar-refractivity contribution is -0.307. The fourth-order valence-corrected chi connectivity index (χ4v) is 4.41. The van der Waals surface area contributed by atoms with Crippen LogP contribution in [0.4, 0.5) is 8.78 Å². The topological polar surface area (TPSA) is 119 Å². The maximum atomic E-state index is 14.2. The highest BCUT2D eigenvalue weighted by Crippen LogP contribution is 2.29.